The van der Waals surface area contributed by atoms with Crippen LogP contribution in [0, 0.1) is 6.92 Å². The van der Waals surface area contributed by atoms with Gasteiger partial charge in [0.15, 0.2) is 0 Å². The Labute approximate surface area is 173 Å². The lowest BCUT2D eigenvalue weighted by atomic mass is 10.0. The molecule has 0 atom stereocenters. The zero-order chi connectivity index (χ0) is 20.7. The number of hydrogen-bond acceptors (Lipinski definition) is 4. The molecular formula is C23H20N2O3S. The van der Waals surface area contributed by atoms with Gasteiger partial charge in [-0.2, -0.15) is 4.99 Å². The average Bonchev–Trinajstić information content (AvgIpc) is 3.25. The molecule has 0 spiro atoms. The van der Waals surface area contributed by atoms with E-state index in [9.17, 15) is 14.7 Å². The number of amidine groups is 1. The van der Waals surface area contributed by atoms with Crippen LogP contribution >= 0.6 is 11.3 Å². The SMILES string of the molecule is Cc1ccc2c(c1)C(=O)N=C2N(c1cc(-c2ccccc2)sc1C(=O)O)C(C)C. The Bertz CT molecular complexity index is 1150. The average molecular weight is 404 g/mol. The first-order valence-electron chi connectivity index (χ1n) is 9.32. The first kappa shape index (κ1) is 19.1. The Balaban J connectivity index is 1.88. The molecule has 5 nitrogen and oxygen atoms in total. The third-order valence-electron chi connectivity index (χ3n) is 4.82. The number of nitrogens with zero attached hydrogens (tertiary/aromatic N) is 2. The summed E-state index contributed by atoms with van der Waals surface area (Å²) in [6.07, 6.45) is 0. The molecule has 4 rings (SSSR count). The normalized spacial score (nSPS) is 12.8. The number of aryl methyl sites for hydroxylation is 1. The molecule has 146 valence electrons. The van der Waals surface area contributed by atoms with Crippen LogP contribution in [0.3, 0.4) is 0 Å². The van der Waals surface area contributed by atoms with Gasteiger partial charge in [-0.05, 0) is 38.5 Å². The van der Waals surface area contributed by atoms with Gasteiger partial charge in [-0.1, -0.05) is 48.0 Å². The summed E-state index contributed by atoms with van der Waals surface area (Å²) in [6, 6.07) is 17.1. The minimum Gasteiger partial charge on any atom is -0.477 e. The van der Waals surface area contributed by atoms with Gasteiger partial charge in [0.1, 0.15) is 10.7 Å². The van der Waals surface area contributed by atoms with Crippen molar-refractivity contribution in [3.05, 3.63) is 76.2 Å². The molecule has 0 radical (unpaired) electrons. The molecular weight excluding hydrogens is 384 g/mol. The van der Waals surface area contributed by atoms with Gasteiger partial charge in [-0.3, -0.25) is 4.79 Å². The Kier molecular flexibility index (Phi) is 4.80. The topological polar surface area (TPSA) is 70.0 Å². The van der Waals surface area contributed by atoms with Gasteiger partial charge in [-0.15, -0.1) is 11.3 Å². The molecule has 1 N–H and O–H groups in total. The molecule has 0 unspecified atom stereocenters. The molecule has 1 amide bonds. The van der Waals surface area contributed by atoms with E-state index in [0.717, 1.165) is 21.6 Å². The highest BCUT2D eigenvalue weighted by Gasteiger charge is 2.32. The van der Waals surface area contributed by atoms with Crippen molar-refractivity contribution < 1.29 is 14.7 Å². The van der Waals surface area contributed by atoms with E-state index in [0.29, 0.717) is 17.1 Å². The molecule has 2 aromatic carbocycles. The predicted octanol–water partition coefficient (Wildman–Crippen LogP) is 5.24. The third-order valence-corrected chi connectivity index (χ3v) is 5.98. The molecule has 3 aromatic rings. The van der Waals surface area contributed by atoms with Crippen molar-refractivity contribution in [2.45, 2.75) is 26.8 Å². The third kappa shape index (κ3) is 3.36. The summed E-state index contributed by atoms with van der Waals surface area (Å²) in [5.41, 5.74) is 3.78. The summed E-state index contributed by atoms with van der Waals surface area (Å²) in [5.74, 6) is -0.786. The van der Waals surface area contributed by atoms with Gasteiger partial charge in [0.05, 0.1) is 11.3 Å². The number of fused-ring (bicyclic) bond motifs is 1. The van der Waals surface area contributed by atoms with E-state index in [-0.39, 0.29) is 16.8 Å². The number of amides is 1. The fourth-order valence-electron chi connectivity index (χ4n) is 3.53. The molecule has 1 aromatic heterocycles. The van der Waals surface area contributed by atoms with Crippen LogP contribution in [0.15, 0.2) is 59.6 Å². The van der Waals surface area contributed by atoms with Crippen LogP contribution in [-0.2, 0) is 0 Å². The summed E-state index contributed by atoms with van der Waals surface area (Å²) in [6.45, 7) is 5.86. The number of aliphatic imine (C=N–C) groups is 1. The summed E-state index contributed by atoms with van der Waals surface area (Å²) in [5, 5.41) is 9.86. The summed E-state index contributed by atoms with van der Waals surface area (Å²) < 4.78 is 0. The number of carbonyl (C=O) groups is 2. The molecule has 0 bridgehead atoms. The minimum absolute atomic E-state index is 0.0925. The number of anilines is 1. The van der Waals surface area contributed by atoms with E-state index in [1.807, 2.05) is 80.3 Å². The molecule has 29 heavy (non-hydrogen) atoms. The van der Waals surface area contributed by atoms with Crippen LogP contribution < -0.4 is 4.90 Å². The first-order chi connectivity index (χ1) is 13.9. The maximum Gasteiger partial charge on any atom is 0.348 e. The molecule has 2 heterocycles. The highest BCUT2D eigenvalue weighted by atomic mass is 32.1. The molecule has 1 aliphatic rings. The monoisotopic (exact) mass is 404 g/mol. The molecule has 0 aliphatic carbocycles. The lowest BCUT2D eigenvalue weighted by molar-refractivity contribution is 0.0702. The molecule has 0 saturated carbocycles. The highest BCUT2D eigenvalue weighted by molar-refractivity contribution is 7.18. The van der Waals surface area contributed by atoms with Crippen LogP contribution in [0.5, 0.6) is 0 Å². The fourth-order valence-corrected chi connectivity index (χ4v) is 4.52. The number of thiophene rings is 1. The van der Waals surface area contributed by atoms with Gasteiger partial charge in [0.25, 0.3) is 5.91 Å². The van der Waals surface area contributed by atoms with E-state index in [2.05, 4.69) is 4.99 Å². The Hall–Kier alpha value is -3.25. The smallest absolute Gasteiger partial charge is 0.348 e. The van der Waals surface area contributed by atoms with Gasteiger partial charge >= 0.3 is 5.97 Å². The van der Waals surface area contributed by atoms with Crippen LogP contribution in [0.25, 0.3) is 10.4 Å². The van der Waals surface area contributed by atoms with Crippen molar-refractivity contribution in [3.8, 4) is 10.4 Å². The standard InChI is InChI=1S/C23H20N2O3S/c1-13(2)25(21-16-10-9-14(3)11-17(16)22(26)24-21)18-12-19(29-20(18)23(27)28)15-7-5-4-6-8-15/h4-13H,1-3H3,(H,27,28). The maximum atomic E-state index is 12.5. The second-order valence-corrected chi connectivity index (χ2v) is 8.30. The van der Waals surface area contributed by atoms with E-state index < -0.39 is 5.97 Å². The van der Waals surface area contributed by atoms with Gasteiger partial charge in [0.2, 0.25) is 0 Å². The Morgan fingerprint density at radius 2 is 1.79 bits per heavy atom. The number of carbonyl (C=O) groups excluding carboxylic acids is 1. The summed E-state index contributed by atoms with van der Waals surface area (Å²) in [7, 11) is 0. The number of rotatable bonds is 4. The molecule has 0 fully saturated rings. The van der Waals surface area contributed by atoms with Gasteiger partial charge in [0, 0.05) is 16.5 Å². The quantitative estimate of drug-likeness (QED) is 0.646. The zero-order valence-corrected chi connectivity index (χ0v) is 17.2. The molecule has 0 saturated heterocycles. The minimum atomic E-state index is -0.994. The fraction of sp³-hybridized carbons (Fsp3) is 0.174. The zero-order valence-electron chi connectivity index (χ0n) is 16.3. The summed E-state index contributed by atoms with van der Waals surface area (Å²) >= 11 is 1.23. The van der Waals surface area contributed by atoms with E-state index >= 15 is 0 Å². The van der Waals surface area contributed by atoms with Gasteiger partial charge < -0.3 is 10.0 Å². The van der Waals surface area contributed by atoms with Crippen molar-refractivity contribution in [1.29, 1.82) is 0 Å². The predicted molar refractivity (Wildman–Crippen MR) is 116 cm³/mol. The number of hydrogen-bond donors (Lipinski definition) is 1. The number of benzene rings is 2. The highest BCUT2D eigenvalue weighted by Crippen LogP contribution is 2.39. The van der Waals surface area contributed by atoms with Gasteiger partial charge in [-0.25, -0.2) is 4.79 Å². The largest absolute Gasteiger partial charge is 0.477 e. The van der Waals surface area contributed by atoms with Crippen molar-refractivity contribution in [2.24, 2.45) is 4.99 Å². The van der Waals surface area contributed by atoms with E-state index in [1.54, 1.807) is 0 Å². The molecule has 6 heteroatoms. The number of aromatic carboxylic acids is 1. The number of carboxylic acids is 1. The van der Waals surface area contributed by atoms with Crippen LogP contribution in [0.2, 0.25) is 0 Å². The Morgan fingerprint density at radius 1 is 1.07 bits per heavy atom. The lowest BCUT2D eigenvalue weighted by Crippen LogP contribution is -2.37. The second-order valence-electron chi connectivity index (χ2n) is 7.25. The summed E-state index contributed by atoms with van der Waals surface area (Å²) in [4.78, 5) is 31.8. The van der Waals surface area contributed by atoms with Crippen LogP contribution in [0.4, 0.5) is 5.69 Å². The Morgan fingerprint density at radius 3 is 2.45 bits per heavy atom. The number of carboxylic acid groups (broad SMARTS) is 1. The van der Waals surface area contributed by atoms with Crippen LogP contribution in [-0.4, -0.2) is 28.9 Å². The van der Waals surface area contributed by atoms with Crippen LogP contribution in [0.1, 0.15) is 45.0 Å². The van der Waals surface area contributed by atoms with E-state index in [1.165, 1.54) is 11.3 Å². The van der Waals surface area contributed by atoms with Crippen molar-refractivity contribution in [3.63, 3.8) is 0 Å². The second kappa shape index (κ2) is 7.29. The maximum absolute atomic E-state index is 12.5. The molecule has 1 aliphatic heterocycles. The van der Waals surface area contributed by atoms with Crippen molar-refractivity contribution in [1.82, 2.24) is 0 Å². The van der Waals surface area contributed by atoms with Crippen molar-refractivity contribution >= 4 is 34.7 Å². The van der Waals surface area contributed by atoms with E-state index in [4.69, 9.17) is 0 Å². The first-order valence-corrected chi connectivity index (χ1v) is 10.1. The van der Waals surface area contributed by atoms with Crippen molar-refractivity contribution in [2.75, 3.05) is 4.90 Å². The lowest BCUT2D eigenvalue weighted by Gasteiger charge is -2.28.